The Morgan fingerprint density at radius 1 is 0.633 bits per heavy atom. The first-order valence-corrected chi connectivity index (χ1v) is 13.4. The van der Waals surface area contributed by atoms with Crippen molar-refractivity contribution in [1.82, 2.24) is 0 Å². The van der Waals surface area contributed by atoms with Crippen LogP contribution in [0.15, 0.2) is 0 Å². The second kappa shape index (κ2) is 23.1. The average molecular weight is 427 g/mol. The van der Waals surface area contributed by atoms with Crippen LogP contribution in [-0.2, 0) is 14.3 Å². The molecule has 0 spiro atoms. The average Bonchev–Trinajstić information content (AvgIpc) is 2.72. The van der Waals surface area contributed by atoms with Crippen LogP contribution in [0.5, 0.6) is 0 Å². The molecule has 180 valence electrons. The molecule has 0 N–H and O–H groups in total. The van der Waals surface area contributed by atoms with Gasteiger partial charge in [-0.05, 0) is 32.1 Å². The number of carbonyl (C=O) groups is 1. The molecule has 3 heteroatoms. The van der Waals surface area contributed by atoms with E-state index in [4.69, 9.17) is 9.47 Å². The molecule has 30 heavy (non-hydrogen) atoms. The zero-order chi connectivity index (χ0) is 22.3. The van der Waals surface area contributed by atoms with Crippen molar-refractivity contribution in [1.29, 1.82) is 0 Å². The first kappa shape index (κ1) is 29.4. The number of hydrogen-bond donors (Lipinski definition) is 0. The van der Waals surface area contributed by atoms with Gasteiger partial charge in [0.15, 0.2) is 6.29 Å². The van der Waals surface area contributed by atoms with Gasteiger partial charge in [0.05, 0.1) is 6.61 Å². The van der Waals surface area contributed by atoms with Crippen molar-refractivity contribution in [3.8, 4) is 0 Å². The van der Waals surface area contributed by atoms with Gasteiger partial charge in [0.2, 0.25) is 0 Å². The molecule has 0 amide bonds. The van der Waals surface area contributed by atoms with Gasteiger partial charge in [-0.3, -0.25) is 4.79 Å². The number of esters is 1. The first-order chi connectivity index (χ1) is 14.6. The molecule has 0 radical (unpaired) electrons. The highest BCUT2D eigenvalue weighted by molar-refractivity contribution is 5.69. The largest absolute Gasteiger partial charge is 0.436 e. The first-order valence-electron chi connectivity index (χ1n) is 13.4. The van der Waals surface area contributed by atoms with Crippen molar-refractivity contribution < 1.29 is 14.3 Å². The van der Waals surface area contributed by atoms with Crippen LogP contribution >= 0.6 is 0 Å². The third-order valence-electron chi connectivity index (χ3n) is 6.04. The Balaban J connectivity index is 4.14. The Morgan fingerprint density at radius 3 is 1.53 bits per heavy atom. The molecule has 0 aromatic rings. The summed E-state index contributed by atoms with van der Waals surface area (Å²) >= 11 is 0. The Bertz CT molecular complexity index is 356. The van der Waals surface area contributed by atoms with Crippen molar-refractivity contribution in [3.05, 3.63) is 0 Å². The van der Waals surface area contributed by atoms with Crippen LogP contribution < -0.4 is 0 Å². The van der Waals surface area contributed by atoms with Gasteiger partial charge in [0.1, 0.15) is 0 Å². The van der Waals surface area contributed by atoms with Crippen LogP contribution in [0, 0.1) is 5.92 Å². The molecular formula is C27H54O3. The molecule has 0 saturated carbocycles. The number of hydrogen-bond acceptors (Lipinski definition) is 3. The van der Waals surface area contributed by atoms with Gasteiger partial charge in [-0.25, -0.2) is 0 Å². The summed E-state index contributed by atoms with van der Waals surface area (Å²) in [5.41, 5.74) is 0. The van der Waals surface area contributed by atoms with Gasteiger partial charge in [0.25, 0.3) is 0 Å². The summed E-state index contributed by atoms with van der Waals surface area (Å²) in [6.07, 6.45) is 23.3. The molecular weight excluding hydrogens is 372 g/mol. The van der Waals surface area contributed by atoms with Crippen molar-refractivity contribution in [2.45, 2.75) is 156 Å². The molecule has 0 aromatic heterocycles. The molecule has 0 aliphatic carbocycles. The van der Waals surface area contributed by atoms with Gasteiger partial charge in [-0.15, -0.1) is 0 Å². The number of ether oxygens (including phenoxy) is 2. The van der Waals surface area contributed by atoms with Gasteiger partial charge in [0, 0.05) is 6.42 Å². The fraction of sp³-hybridized carbons (Fsp3) is 0.963. The van der Waals surface area contributed by atoms with Crippen molar-refractivity contribution in [3.63, 3.8) is 0 Å². The van der Waals surface area contributed by atoms with Crippen molar-refractivity contribution in [2.24, 2.45) is 5.92 Å². The smallest absolute Gasteiger partial charge is 0.308 e. The fourth-order valence-electron chi connectivity index (χ4n) is 4.03. The molecule has 0 aromatic carbocycles. The van der Waals surface area contributed by atoms with Crippen LogP contribution in [0.1, 0.15) is 150 Å². The number of carbonyl (C=O) groups excluding carboxylic acids is 1. The SMILES string of the molecule is CCCCCCCCCCC(CCCCCCCC)CC(=O)OC(C)OCCCC. The predicted octanol–water partition coefficient (Wildman–Crippen LogP) is 8.98. The number of rotatable bonds is 23. The zero-order valence-corrected chi connectivity index (χ0v) is 21.0. The maximum absolute atomic E-state index is 12.4. The van der Waals surface area contributed by atoms with Gasteiger partial charge in [-0.1, -0.05) is 117 Å². The van der Waals surface area contributed by atoms with Crippen LogP contribution in [0.4, 0.5) is 0 Å². The van der Waals surface area contributed by atoms with E-state index in [9.17, 15) is 4.79 Å². The summed E-state index contributed by atoms with van der Waals surface area (Å²) in [5.74, 6) is 0.404. The minimum absolute atomic E-state index is 0.0745. The molecule has 2 atom stereocenters. The molecule has 0 heterocycles. The molecule has 0 bridgehead atoms. The lowest BCUT2D eigenvalue weighted by molar-refractivity contribution is -0.176. The fourth-order valence-corrected chi connectivity index (χ4v) is 4.03. The normalized spacial score (nSPS) is 13.3. The Kier molecular flexibility index (Phi) is 22.7. The molecule has 0 rings (SSSR count). The highest BCUT2D eigenvalue weighted by Crippen LogP contribution is 2.23. The van der Waals surface area contributed by atoms with E-state index in [1.807, 2.05) is 6.92 Å². The summed E-state index contributed by atoms with van der Waals surface area (Å²) in [5, 5.41) is 0. The lowest BCUT2D eigenvalue weighted by Crippen LogP contribution is -2.21. The van der Waals surface area contributed by atoms with E-state index < -0.39 is 6.29 Å². The molecule has 2 unspecified atom stereocenters. The standard InChI is InChI=1S/C27H54O3/c1-5-8-11-13-15-16-18-20-22-26(21-19-17-14-12-9-6-2)24-27(28)30-25(4)29-23-10-7-3/h25-26H,5-24H2,1-4H3. The second-order valence-electron chi connectivity index (χ2n) is 9.17. The minimum atomic E-state index is -0.415. The minimum Gasteiger partial charge on any atom is -0.436 e. The highest BCUT2D eigenvalue weighted by Gasteiger charge is 2.17. The van der Waals surface area contributed by atoms with Crippen LogP contribution in [0.25, 0.3) is 0 Å². The quantitative estimate of drug-likeness (QED) is 0.0928. The number of unbranched alkanes of at least 4 members (excludes halogenated alkanes) is 13. The van der Waals surface area contributed by atoms with Crippen LogP contribution in [0.2, 0.25) is 0 Å². The van der Waals surface area contributed by atoms with E-state index in [1.165, 1.54) is 103 Å². The Hall–Kier alpha value is -0.570. The van der Waals surface area contributed by atoms with E-state index >= 15 is 0 Å². The summed E-state index contributed by atoms with van der Waals surface area (Å²) in [6.45, 7) is 9.18. The highest BCUT2D eigenvalue weighted by atomic mass is 16.7. The lowest BCUT2D eigenvalue weighted by Gasteiger charge is -2.19. The van der Waals surface area contributed by atoms with Crippen LogP contribution in [0.3, 0.4) is 0 Å². The third-order valence-corrected chi connectivity index (χ3v) is 6.04. The Morgan fingerprint density at radius 2 is 1.07 bits per heavy atom. The van der Waals surface area contributed by atoms with Gasteiger partial charge < -0.3 is 9.47 Å². The third kappa shape index (κ3) is 20.7. The topological polar surface area (TPSA) is 35.5 Å². The van der Waals surface area contributed by atoms with Crippen molar-refractivity contribution in [2.75, 3.05) is 6.61 Å². The predicted molar refractivity (Wildman–Crippen MR) is 130 cm³/mol. The van der Waals surface area contributed by atoms with E-state index in [2.05, 4.69) is 20.8 Å². The lowest BCUT2D eigenvalue weighted by atomic mass is 9.91. The molecule has 0 aliphatic rings. The Labute approximate surface area is 189 Å². The molecule has 0 saturated heterocycles. The summed E-state index contributed by atoms with van der Waals surface area (Å²) in [7, 11) is 0. The van der Waals surface area contributed by atoms with E-state index in [0.29, 0.717) is 18.9 Å². The van der Waals surface area contributed by atoms with Gasteiger partial charge in [-0.2, -0.15) is 0 Å². The van der Waals surface area contributed by atoms with E-state index in [1.54, 1.807) is 0 Å². The van der Waals surface area contributed by atoms with E-state index in [-0.39, 0.29) is 5.97 Å². The monoisotopic (exact) mass is 426 g/mol. The summed E-state index contributed by atoms with van der Waals surface area (Å²) < 4.78 is 11.1. The molecule has 0 fully saturated rings. The van der Waals surface area contributed by atoms with E-state index in [0.717, 1.165) is 12.8 Å². The summed E-state index contributed by atoms with van der Waals surface area (Å²) in [6, 6.07) is 0. The molecule has 3 nitrogen and oxygen atoms in total. The zero-order valence-electron chi connectivity index (χ0n) is 21.0. The molecule has 0 aliphatic heterocycles. The summed E-state index contributed by atoms with van der Waals surface area (Å²) in [4.78, 5) is 12.4. The second-order valence-corrected chi connectivity index (χ2v) is 9.17. The van der Waals surface area contributed by atoms with Gasteiger partial charge >= 0.3 is 5.97 Å². The maximum Gasteiger partial charge on any atom is 0.308 e. The van der Waals surface area contributed by atoms with Crippen LogP contribution in [-0.4, -0.2) is 18.9 Å². The van der Waals surface area contributed by atoms with Crippen molar-refractivity contribution >= 4 is 5.97 Å². The maximum atomic E-state index is 12.4.